The molecule has 114 valence electrons. The summed E-state index contributed by atoms with van der Waals surface area (Å²) < 4.78 is 0. The van der Waals surface area contributed by atoms with Gasteiger partial charge >= 0.3 is 0 Å². The third-order valence-corrected chi connectivity index (χ3v) is 3.65. The molecule has 1 aliphatic carbocycles. The molecule has 1 saturated carbocycles. The van der Waals surface area contributed by atoms with E-state index >= 15 is 0 Å². The van der Waals surface area contributed by atoms with Crippen LogP contribution in [0.1, 0.15) is 101 Å². The molecule has 0 amide bonds. The van der Waals surface area contributed by atoms with E-state index in [4.69, 9.17) is 0 Å². The number of hydrogen-bond acceptors (Lipinski definition) is 0. The lowest BCUT2D eigenvalue weighted by atomic mass is 9.73. The smallest absolute Gasteiger partial charge is 0.0363 e. The molecule has 0 bridgehead atoms. The predicted octanol–water partition coefficient (Wildman–Crippen LogP) is 7.33. The van der Waals surface area contributed by atoms with Gasteiger partial charge in [0.1, 0.15) is 0 Å². The Morgan fingerprint density at radius 2 is 1.33 bits per heavy atom. The summed E-state index contributed by atoms with van der Waals surface area (Å²) in [6.07, 6.45) is 8.76. The van der Waals surface area contributed by atoms with Crippen LogP contribution in [0.3, 0.4) is 0 Å². The third kappa shape index (κ3) is 11.1. The molecule has 0 saturated heterocycles. The average Bonchev–Trinajstić information content (AvgIpc) is 2.46. The van der Waals surface area contributed by atoms with E-state index in [9.17, 15) is 0 Å². The summed E-state index contributed by atoms with van der Waals surface area (Å²) in [7, 11) is 0. The maximum atomic E-state index is 2.45. The van der Waals surface area contributed by atoms with Crippen molar-refractivity contribution in [3.05, 3.63) is 0 Å². The zero-order valence-corrected chi connectivity index (χ0v) is 15.0. The highest BCUT2D eigenvalue weighted by atomic mass is 14.3. The summed E-state index contributed by atoms with van der Waals surface area (Å²) in [6.45, 7) is 19.2. The Morgan fingerprint density at radius 1 is 0.889 bits per heavy atom. The summed E-state index contributed by atoms with van der Waals surface area (Å²) in [6, 6.07) is 0. The van der Waals surface area contributed by atoms with Gasteiger partial charge in [0.15, 0.2) is 0 Å². The molecule has 0 N–H and O–H groups in total. The highest BCUT2D eigenvalue weighted by Gasteiger charge is 2.25. The fraction of sp³-hybridized carbons (Fsp3) is 1.00. The van der Waals surface area contributed by atoms with Gasteiger partial charge in [0, 0.05) is 0 Å². The van der Waals surface area contributed by atoms with Crippen molar-refractivity contribution in [2.45, 2.75) is 101 Å². The molecule has 0 aromatic carbocycles. The molecule has 0 heterocycles. The highest BCUT2D eigenvalue weighted by Crippen LogP contribution is 2.36. The van der Waals surface area contributed by atoms with Crippen LogP contribution in [-0.4, -0.2) is 0 Å². The van der Waals surface area contributed by atoms with Crippen LogP contribution in [0.4, 0.5) is 0 Å². The van der Waals surface area contributed by atoms with Gasteiger partial charge in [-0.05, 0) is 24.2 Å². The Kier molecular flexibility index (Phi) is 24.8. The molecule has 0 aromatic heterocycles. The molecule has 0 spiro atoms. The molecule has 1 rings (SSSR count). The van der Waals surface area contributed by atoms with Gasteiger partial charge in [0.2, 0.25) is 0 Å². The first-order valence-electron chi connectivity index (χ1n) is 8.75. The predicted molar refractivity (Wildman–Crippen MR) is 89.2 cm³/mol. The molecule has 3 unspecified atom stereocenters. The zero-order chi connectivity index (χ0) is 15.0. The topological polar surface area (TPSA) is 0 Å². The molecule has 18 heavy (non-hydrogen) atoms. The van der Waals surface area contributed by atoms with E-state index in [0.29, 0.717) is 0 Å². The summed E-state index contributed by atoms with van der Waals surface area (Å²) in [4.78, 5) is 0. The van der Waals surface area contributed by atoms with Crippen LogP contribution in [0.15, 0.2) is 0 Å². The van der Waals surface area contributed by atoms with E-state index < -0.39 is 0 Å². The van der Waals surface area contributed by atoms with Crippen molar-refractivity contribution in [2.75, 3.05) is 0 Å². The van der Waals surface area contributed by atoms with Gasteiger partial charge in [-0.3, -0.25) is 0 Å². The van der Waals surface area contributed by atoms with Crippen molar-refractivity contribution in [1.29, 1.82) is 0 Å². The zero-order valence-electron chi connectivity index (χ0n) is 15.0. The van der Waals surface area contributed by atoms with E-state index in [2.05, 4.69) is 20.8 Å². The van der Waals surface area contributed by atoms with E-state index in [0.717, 1.165) is 17.8 Å². The average molecular weight is 259 g/mol. The molecule has 0 nitrogen and oxygen atoms in total. The molecule has 3 atom stereocenters. The minimum absolute atomic E-state index is 0.977. The minimum Gasteiger partial charge on any atom is -0.0683 e. The van der Waals surface area contributed by atoms with Crippen molar-refractivity contribution in [1.82, 2.24) is 0 Å². The fourth-order valence-corrected chi connectivity index (χ4v) is 2.86. The Bertz CT molecular complexity index is 117. The van der Waals surface area contributed by atoms with Gasteiger partial charge in [-0.25, -0.2) is 0 Å². The lowest BCUT2D eigenvalue weighted by Gasteiger charge is -2.33. The molecule has 1 aliphatic rings. The largest absolute Gasteiger partial charge is 0.0683 e. The molecule has 0 aliphatic heterocycles. The standard InChI is InChI=1S/C12H24.3C2H6/c1-4-7-10(2)12-9-6-5-8-11(12)3;3*1-2/h10-12H,4-9H2,1-3H3;3*1-2H3. The molecule has 0 aromatic rings. The van der Waals surface area contributed by atoms with E-state index in [1.165, 1.54) is 38.5 Å². The van der Waals surface area contributed by atoms with Gasteiger partial charge in [-0.2, -0.15) is 0 Å². The summed E-state index contributed by atoms with van der Waals surface area (Å²) >= 11 is 0. The van der Waals surface area contributed by atoms with Crippen LogP contribution in [0.25, 0.3) is 0 Å². The molecule has 0 heteroatoms. The van der Waals surface area contributed by atoms with Crippen LogP contribution < -0.4 is 0 Å². The first-order valence-corrected chi connectivity index (χ1v) is 8.75. The quantitative estimate of drug-likeness (QED) is 0.497. The summed E-state index contributed by atoms with van der Waals surface area (Å²) in [5.74, 6) is 3.02. The fourth-order valence-electron chi connectivity index (χ4n) is 2.86. The molecule has 0 radical (unpaired) electrons. The number of rotatable bonds is 3. The first kappa shape index (κ1) is 23.1. The van der Waals surface area contributed by atoms with E-state index in [-0.39, 0.29) is 0 Å². The van der Waals surface area contributed by atoms with Gasteiger partial charge < -0.3 is 0 Å². The van der Waals surface area contributed by atoms with Gasteiger partial charge in [-0.1, -0.05) is 94.4 Å². The highest BCUT2D eigenvalue weighted by molar-refractivity contribution is 4.76. The van der Waals surface area contributed by atoms with Crippen molar-refractivity contribution >= 4 is 0 Å². The second-order valence-corrected chi connectivity index (χ2v) is 4.69. The van der Waals surface area contributed by atoms with Crippen LogP contribution in [0, 0.1) is 17.8 Å². The van der Waals surface area contributed by atoms with Crippen molar-refractivity contribution < 1.29 is 0 Å². The van der Waals surface area contributed by atoms with Crippen LogP contribution in [0.2, 0.25) is 0 Å². The molecular formula is C18H42. The van der Waals surface area contributed by atoms with Crippen LogP contribution in [0.5, 0.6) is 0 Å². The van der Waals surface area contributed by atoms with Crippen molar-refractivity contribution in [3.63, 3.8) is 0 Å². The lowest BCUT2D eigenvalue weighted by molar-refractivity contribution is 0.177. The summed E-state index contributed by atoms with van der Waals surface area (Å²) in [5.41, 5.74) is 0. The normalized spacial score (nSPS) is 23.2. The molecule has 1 fully saturated rings. The second kappa shape index (κ2) is 19.3. The monoisotopic (exact) mass is 258 g/mol. The maximum absolute atomic E-state index is 2.45. The molecular weight excluding hydrogens is 216 g/mol. The van der Waals surface area contributed by atoms with Crippen molar-refractivity contribution in [3.8, 4) is 0 Å². The Balaban J connectivity index is -0.000000328. The Hall–Kier alpha value is 0. The van der Waals surface area contributed by atoms with Gasteiger partial charge in [-0.15, -0.1) is 0 Å². The maximum Gasteiger partial charge on any atom is -0.0363 e. The third-order valence-electron chi connectivity index (χ3n) is 3.65. The summed E-state index contributed by atoms with van der Waals surface area (Å²) in [5, 5.41) is 0. The Morgan fingerprint density at radius 3 is 1.72 bits per heavy atom. The van der Waals surface area contributed by atoms with Gasteiger partial charge in [0.25, 0.3) is 0 Å². The first-order chi connectivity index (χ1) is 8.75. The minimum atomic E-state index is 0.977. The Labute approximate surface area is 119 Å². The SMILES string of the molecule is CC.CC.CC.CCCC(C)C1CCCCC1C. The van der Waals surface area contributed by atoms with Gasteiger partial charge in [0.05, 0.1) is 0 Å². The van der Waals surface area contributed by atoms with E-state index in [1.54, 1.807) is 0 Å². The van der Waals surface area contributed by atoms with Crippen LogP contribution >= 0.6 is 0 Å². The van der Waals surface area contributed by atoms with Crippen molar-refractivity contribution in [2.24, 2.45) is 17.8 Å². The number of hydrogen-bond donors (Lipinski definition) is 0. The van der Waals surface area contributed by atoms with E-state index in [1.807, 2.05) is 41.5 Å². The second-order valence-electron chi connectivity index (χ2n) is 4.69. The lowest BCUT2D eigenvalue weighted by Crippen LogP contribution is -2.23. The van der Waals surface area contributed by atoms with Crippen LogP contribution in [-0.2, 0) is 0 Å².